The van der Waals surface area contributed by atoms with Crippen molar-refractivity contribution in [3.05, 3.63) is 71.8 Å². The van der Waals surface area contributed by atoms with Gasteiger partial charge < -0.3 is 19.5 Å². The molecular formula is C28H41FN2O4. The number of alkyl halides is 1. The van der Waals surface area contributed by atoms with Gasteiger partial charge >= 0.3 is 6.09 Å². The second kappa shape index (κ2) is 16.2. The molecule has 1 N–H and O–H groups in total. The number of halogens is 1. The van der Waals surface area contributed by atoms with Crippen LogP contribution < -0.4 is 5.32 Å². The molecule has 0 spiro atoms. The van der Waals surface area contributed by atoms with E-state index in [1.54, 1.807) is 0 Å². The maximum absolute atomic E-state index is 14.7. The third kappa shape index (κ3) is 14.5. The van der Waals surface area contributed by atoms with E-state index >= 15 is 0 Å². The van der Waals surface area contributed by atoms with E-state index in [0.29, 0.717) is 58.8 Å². The first-order valence-electron chi connectivity index (χ1n) is 12.4. The van der Waals surface area contributed by atoms with Gasteiger partial charge in [0.05, 0.1) is 6.61 Å². The molecular weight excluding hydrogens is 447 g/mol. The minimum absolute atomic E-state index is 0.0693. The number of amides is 1. The summed E-state index contributed by atoms with van der Waals surface area (Å²) in [5.74, 6) is 0. The Bertz CT molecular complexity index is 773. The quantitative estimate of drug-likeness (QED) is 0.322. The molecule has 2 rings (SSSR count). The van der Waals surface area contributed by atoms with Gasteiger partial charge in [-0.3, -0.25) is 4.90 Å². The fourth-order valence-corrected chi connectivity index (χ4v) is 3.46. The van der Waals surface area contributed by atoms with Gasteiger partial charge in [0.1, 0.15) is 11.8 Å². The van der Waals surface area contributed by atoms with Crippen molar-refractivity contribution in [3.63, 3.8) is 0 Å². The predicted octanol–water partition coefficient (Wildman–Crippen LogP) is 5.37. The summed E-state index contributed by atoms with van der Waals surface area (Å²) in [7, 11) is 0. The van der Waals surface area contributed by atoms with Gasteiger partial charge in [0, 0.05) is 46.0 Å². The number of alkyl carbamates (subject to hydrolysis) is 1. The van der Waals surface area contributed by atoms with Gasteiger partial charge in [0.25, 0.3) is 0 Å². The number of nitrogens with one attached hydrogen (secondary N) is 1. The molecule has 7 heteroatoms. The van der Waals surface area contributed by atoms with Crippen molar-refractivity contribution in [1.82, 2.24) is 10.2 Å². The van der Waals surface area contributed by atoms with E-state index in [-0.39, 0.29) is 6.61 Å². The van der Waals surface area contributed by atoms with Crippen LogP contribution in [-0.2, 0) is 27.3 Å². The van der Waals surface area contributed by atoms with Gasteiger partial charge in [-0.1, -0.05) is 60.7 Å². The summed E-state index contributed by atoms with van der Waals surface area (Å²) in [5, 5.41) is 2.70. The zero-order valence-corrected chi connectivity index (χ0v) is 21.4. The largest absolute Gasteiger partial charge is 0.444 e. The van der Waals surface area contributed by atoms with Crippen molar-refractivity contribution < 1.29 is 23.4 Å². The summed E-state index contributed by atoms with van der Waals surface area (Å²) in [6, 6.07) is 20.3. The van der Waals surface area contributed by atoms with E-state index in [9.17, 15) is 9.18 Å². The van der Waals surface area contributed by atoms with E-state index in [0.717, 1.165) is 11.1 Å². The van der Waals surface area contributed by atoms with E-state index in [2.05, 4.69) is 34.5 Å². The molecule has 0 aromatic heterocycles. The first-order valence-corrected chi connectivity index (χ1v) is 12.4. The number of hydrogen-bond acceptors (Lipinski definition) is 5. The lowest BCUT2D eigenvalue weighted by Crippen LogP contribution is -2.33. The van der Waals surface area contributed by atoms with Gasteiger partial charge in [-0.15, -0.1) is 0 Å². The molecule has 0 bridgehead atoms. The SMILES string of the molecule is CC(C)(C)OC(=O)NCCCOCCCOCC(F)CN(Cc1ccccc1)Cc1ccccc1. The van der Waals surface area contributed by atoms with Gasteiger partial charge in [-0.25, -0.2) is 9.18 Å². The third-order valence-corrected chi connectivity index (χ3v) is 4.96. The Morgan fingerprint density at radius 2 is 1.43 bits per heavy atom. The minimum Gasteiger partial charge on any atom is -0.444 e. The average Bonchev–Trinajstić information content (AvgIpc) is 2.80. The molecule has 0 heterocycles. The van der Waals surface area contributed by atoms with Crippen LogP contribution in [0.25, 0.3) is 0 Å². The topological polar surface area (TPSA) is 60.0 Å². The number of ether oxygens (including phenoxy) is 3. The lowest BCUT2D eigenvalue weighted by atomic mass is 10.1. The van der Waals surface area contributed by atoms with Crippen LogP contribution in [0.3, 0.4) is 0 Å². The number of hydrogen-bond donors (Lipinski definition) is 1. The van der Waals surface area contributed by atoms with Crippen LogP contribution in [0.2, 0.25) is 0 Å². The summed E-state index contributed by atoms with van der Waals surface area (Å²) in [5.41, 5.74) is 1.83. The van der Waals surface area contributed by atoms with Gasteiger partial charge in [-0.2, -0.15) is 0 Å². The standard InChI is InChI=1S/C28H41FN2O4/c1-28(2,3)35-27(32)30-16-10-17-33-18-11-19-34-23-26(29)22-31(20-24-12-6-4-7-13-24)21-25-14-8-5-9-15-25/h4-9,12-15,26H,10-11,16-23H2,1-3H3,(H,30,32). The number of carbonyl (C=O) groups is 1. The van der Waals surface area contributed by atoms with Crippen molar-refractivity contribution in [2.24, 2.45) is 0 Å². The molecule has 6 nitrogen and oxygen atoms in total. The molecule has 1 atom stereocenters. The fourth-order valence-electron chi connectivity index (χ4n) is 3.46. The second-order valence-corrected chi connectivity index (χ2v) is 9.56. The van der Waals surface area contributed by atoms with Crippen LogP contribution >= 0.6 is 0 Å². The summed E-state index contributed by atoms with van der Waals surface area (Å²) in [6.45, 7) is 9.26. The number of rotatable bonds is 16. The molecule has 0 fully saturated rings. The Balaban J connectivity index is 1.57. The molecule has 1 amide bonds. The summed E-state index contributed by atoms with van der Waals surface area (Å²) in [4.78, 5) is 13.7. The Morgan fingerprint density at radius 3 is 2.00 bits per heavy atom. The molecule has 0 saturated heterocycles. The van der Waals surface area contributed by atoms with Crippen LogP contribution in [0.15, 0.2) is 60.7 Å². The van der Waals surface area contributed by atoms with E-state index in [4.69, 9.17) is 14.2 Å². The molecule has 1 unspecified atom stereocenters. The Hall–Kier alpha value is -2.48. The highest BCUT2D eigenvalue weighted by molar-refractivity contribution is 5.67. The first-order chi connectivity index (χ1) is 16.8. The van der Waals surface area contributed by atoms with Crippen molar-refractivity contribution in [2.45, 2.75) is 58.5 Å². The van der Waals surface area contributed by atoms with Gasteiger partial charge in [-0.05, 0) is 44.7 Å². The summed E-state index contributed by atoms with van der Waals surface area (Å²) >= 11 is 0. The molecule has 0 aliphatic carbocycles. The predicted molar refractivity (Wildman–Crippen MR) is 137 cm³/mol. The van der Waals surface area contributed by atoms with Crippen molar-refractivity contribution in [1.29, 1.82) is 0 Å². The van der Waals surface area contributed by atoms with Crippen molar-refractivity contribution in [3.8, 4) is 0 Å². The van der Waals surface area contributed by atoms with Crippen molar-refractivity contribution >= 4 is 6.09 Å². The average molecular weight is 489 g/mol. The molecule has 2 aromatic carbocycles. The normalized spacial score (nSPS) is 12.5. The highest BCUT2D eigenvalue weighted by Crippen LogP contribution is 2.12. The van der Waals surface area contributed by atoms with Crippen LogP contribution in [-0.4, -0.2) is 62.3 Å². The zero-order valence-electron chi connectivity index (χ0n) is 21.4. The van der Waals surface area contributed by atoms with Crippen LogP contribution in [0.1, 0.15) is 44.7 Å². The molecule has 2 aromatic rings. The van der Waals surface area contributed by atoms with Crippen LogP contribution in [0.4, 0.5) is 9.18 Å². The Morgan fingerprint density at radius 1 is 0.886 bits per heavy atom. The molecule has 0 aliphatic rings. The van der Waals surface area contributed by atoms with E-state index < -0.39 is 17.9 Å². The Labute approximate surface area is 209 Å². The lowest BCUT2D eigenvalue weighted by molar-refractivity contribution is 0.0408. The lowest BCUT2D eigenvalue weighted by Gasteiger charge is -2.24. The first kappa shape index (κ1) is 28.8. The second-order valence-electron chi connectivity index (χ2n) is 9.56. The summed E-state index contributed by atoms with van der Waals surface area (Å²) < 4.78 is 31.0. The molecule has 0 saturated carbocycles. The highest BCUT2D eigenvalue weighted by Gasteiger charge is 2.16. The maximum atomic E-state index is 14.7. The molecule has 0 radical (unpaired) electrons. The molecule has 0 aliphatic heterocycles. The maximum Gasteiger partial charge on any atom is 0.407 e. The number of benzene rings is 2. The van der Waals surface area contributed by atoms with Crippen LogP contribution in [0.5, 0.6) is 0 Å². The molecule has 35 heavy (non-hydrogen) atoms. The monoisotopic (exact) mass is 488 g/mol. The van der Waals surface area contributed by atoms with Gasteiger partial charge in [0.2, 0.25) is 0 Å². The minimum atomic E-state index is -1.07. The van der Waals surface area contributed by atoms with Crippen molar-refractivity contribution in [2.75, 3.05) is 39.5 Å². The van der Waals surface area contributed by atoms with Gasteiger partial charge in [0.15, 0.2) is 0 Å². The highest BCUT2D eigenvalue weighted by atomic mass is 19.1. The fraction of sp³-hybridized carbons (Fsp3) is 0.536. The molecule has 194 valence electrons. The van der Waals surface area contributed by atoms with E-state index in [1.165, 1.54) is 0 Å². The number of nitrogens with zero attached hydrogens (tertiary/aromatic N) is 1. The number of carbonyl (C=O) groups excluding carboxylic acids is 1. The van der Waals surface area contributed by atoms with E-state index in [1.807, 2.05) is 57.2 Å². The third-order valence-electron chi connectivity index (χ3n) is 4.96. The van der Waals surface area contributed by atoms with Crippen LogP contribution in [0, 0.1) is 0 Å². The smallest absolute Gasteiger partial charge is 0.407 e. The Kier molecular flexibility index (Phi) is 13.3. The summed E-state index contributed by atoms with van der Waals surface area (Å²) in [6.07, 6.45) is -0.0880. The zero-order chi connectivity index (χ0) is 25.4.